The second-order valence-corrected chi connectivity index (χ2v) is 6.51. The minimum absolute atomic E-state index is 0.0271. The number of benzene rings is 1. The van der Waals surface area contributed by atoms with E-state index in [1.54, 1.807) is 25.2 Å². The third-order valence-corrected chi connectivity index (χ3v) is 4.83. The molecule has 1 aromatic carbocycles. The molecule has 27 heavy (non-hydrogen) atoms. The summed E-state index contributed by atoms with van der Waals surface area (Å²) in [6.07, 6.45) is 4.28. The number of carbonyl (C=O) groups excluding carboxylic acids is 2. The molecule has 0 spiro atoms. The molecule has 1 saturated heterocycles. The van der Waals surface area contributed by atoms with Gasteiger partial charge in [-0.15, -0.1) is 0 Å². The lowest BCUT2D eigenvalue weighted by Crippen LogP contribution is -2.51. The van der Waals surface area contributed by atoms with Crippen LogP contribution in [0.5, 0.6) is 11.5 Å². The van der Waals surface area contributed by atoms with Crippen LogP contribution < -0.4 is 9.47 Å². The summed E-state index contributed by atoms with van der Waals surface area (Å²) in [6, 6.07) is 7.34. The van der Waals surface area contributed by atoms with Gasteiger partial charge in [0.05, 0.1) is 27.1 Å². The predicted molar refractivity (Wildman–Crippen MR) is 101 cm³/mol. The van der Waals surface area contributed by atoms with E-state index in [1.807, 2.05) is 35.5 Å². The van der Waals surface area contributed by atoms with Gasteiger partial charge in [-0.3, -0.25) is 9.59 Å². The van der Waals surface area contributed by atoms with Crippen LogP contribution in [0.3, 0.4) is 0 Å². The summed E-state index contributed by atoms with van der Waals surface area (Å²) in [4.78, 5) is 31.6. The van der Waals surface area contributed by atoms with Crippen LogP contribution in [0.1, 0.15) is 11.1 Å². The maximum absolute atomic E-state index is 12.7. The largest absolute Gasteiger partial charge is 0.497 e. The fourth-order valence-corrected chi connectivity index (χ4v) is 3.25. The molecular weight excluding hydrogens is 346 g/mol. The van der Waals surface area contributed by atoms with Crippen molar-refractivity contribution in [3.8, 4) is 11.5 Å². The molecule has 2 aromatic rings. The molecule has 0 radical (unpaired) electrons. The lowest BCUT2D eigenvalue weighted by atomic mass is 10.1. The molecule has 0 bridgehead atoms. The van der Waals surface area contributed by atoms with Gasteiger partial charge in [0.15, 0.2) is 0 Å². The van der Waals surface area contributed by atoms with Gasteiger partial charge in [0, 0.05) is 44.1 Å². The minimum Gasteiger partial charge on any atom is -0.497 e. The van der Waals surface area contributed by atoms with Crippen molar-refractivity contribution in [1.29, 1.82) is 0 Å². The van der Waals surface area contributed by atoms with Crippen LogP contribution in [0.25, 0.3) is 0 Å². The average molecular weight is 371 g/mol. The molecule has 0 unspecified atom stereocenters. The lowest BCUT2D eigenvalue weighted by Gasteiger charge is -2.35. The summed E-state index contributed by atoms with van der Waals surface area (Å²) in [5.41, 5.74) is 1.77. The van der Waals surface area contributed by atoms with E-state index in [4.69, 9.17) is 9.47 Å². The number of hydrogen-bond donors (Lipinski definition) is 1. The number of nitrogens with one attached hydrogen (secondary N) is 1. The van der Waals surface area contributed by atoms with Crippen molar-refractivity contribution < 1.29 is 19.1 Å². The van der Waals surface area contributed by atoms with Crippen LogP contribution in [-0.2, 0) is 22.4 Å². The van der Waals surface area contributed by atoms with Crippen LogP contribution in [0, 0.1) is 0 Å². The van der Waals surface area contributed by atoms with E-state index < -0.39 is 0 Å². The summed E-state index contributed by atoms with van der Waals surface area (Å²) in [5.74, 6) is 1.48. The molecule has 7 heteroatoms. The maximum atomic E-state index is 12.7. The normalized spacial score (nSPS) is 14.1. The highest BCUT2D eigenvalue weighted by Crippen LogP contribution is 2.25. The highest BCUT2D eigenvalue weighted by Gasteiger charge is 2.25. The van der Waals surface area contributed by atoms with Crippen molar-refractivity contribution in [3.05, 3.63) is 47.8 Å². The molecule has 144 valence electrons. The SMILES string of the molecule is COc1ccc(OC)c(CC(=O)N2CCN(C(=O)Cc3cc[nH]c3)CC2)c1. The second-order valence-electron chi connectivity index (χ2n) is 6.51. The van der Waals surface area contributed by atoms with Gasteiger partial charge >= 0.3 is 0 Å². The summed E-state index contributed by atoms with van der Waals surface area (Å²) in [6.45, 7) is 2.21. The van der Waals surface area contributed by atoms with Gasteiger partial charge in [0.2, 0.25) is 11.8 Å². The monoisotopic (exact) mass is 371 g/mol. The number of hydrogen-bond acceptors (Lipinski definition) is 4. The van der Waals surface area contributed by atoms with Gasteiger partial charge in [-0.25, -0.2) is 0 Å². The molecule has 1 aliphatic rings. The molecule has 0 atom stereocenters. The van der Waals surface area contributed by atoms with E-state index in [1.165, 1.54) is 0 Å². The first kappa shape index (κ1) is 18.8. The van der Waals surface area contributed by atoms with Gasteiger partial charge in [-0.2, -0.15) is 0 Å². The van der Waals surface area contributed by atoms with E-state index in [-0.39, 0.29) is 18.2 Å². The van der Waals surface area contributed by atoms with Crippen molar-refractivity contribution in [2.75, 3.05) is 40.4 Å². The van der Waals surface area contributed by atoms with Crippen LogP contribution in [0.15, 0.2) is 36.7 Å². The molecule has 7 nitrogen and oxygen atoms in total. The van der Waals surface area contributed by atoms with Gasteiger partial charge in [-0.05, 0) is 29.8 Å². The molecule has 3 rings (SSSR count). The molecule has 1 fully saturated rings. The molecule has 0 saturated carbocycles. The highest BCUT2D eigenvalue weighted by atomic mass is 16.5. The van der Waals surface area contributed by atoms with E-state index in [2.05, 4.69) is 4.98 Å². The summed E-state index contributed by atoms with van der Waals surface area (Å²) >= 11 is 0. The number of piperazine rings is 1. The first-order valence-corrected chi connectivity index (χ1v) is 8.99. The smallest absolute Gasteiger partial charge is 0.227 e. The Morgan fingerprint density at radius 2 is 1.63 bits per heavy atom. The number of nitrogens with zero attached hydrogens (tertiary/aromatic N) is 2. The molecule has 2 heterocycles. The number of carbonyl (C=O) groups is 2. The Balaban J connectivity index is 1.55. The lowest BCUT2D eigenvalue weighted by molar-refractivity contribution is -0.138. The number of methoxy groups -OCH3 is 2. The van der Waals surface area contributed by atoms with Gasteiger partial charge < -0.3 is 24.3 Å². The number of aromatic nitrogens is 1. The van der Waals surface area contributed by atoms with Gasteiger partial charge in [0.1, 0.15) is 11.5 Å². The zero-order chi connectivity index (χ0) is 19.2. The zero-order valence-corrected chi connectivity index (χ0v) is 15.7. The Morgan fingerprint density at radius 1 is 0.963 bits per heavy atom. The van der Waals surface area contributed by atoms with Crippen LogP contribution in [-0.4, -0.2) is 67.0 Å². The summed E-state index contributed by atoms with van der Waals surface area (Å²) in [5, 5.41) is 0. The molecular formula is C20H25N3O4. The summed E-state index contributed by atoms with van der Waals surface area (Å²) in [7, 11) is 3.18. The number of ether oxygens (including phenoxy) is 2. The van der Waals surface area contributed by atoms with Crippen molar-refractivity contribution in [1.82, 2.24) is 14.8 Å². The quantitative estimate of drug-likeness (QED) is 0.835. The fraction of sp³-hybridized carbons (Fsp3) is 0.400. The third kappa shape index (κ3) is 4.61. The van der Waals surface area contributed by atoms with Crippen molar-refractivity contribution in [3.63, 3.8) is 0 Å². The molecule has 2 amide bonds. The van der Waals surface area contributed by atoms with Crippen molar-refractivity contribution in [2.45, 2.75) is 12.8 Å². The van der Waals surface area contributed by atoms with Crippen molar-refractivity contribution in [2.24, 2.45) is 0 Å². The minimum atomic E-state index is 0.0271. The standard InChI is InChI=1S/C20H25N3O4/c1-26-17-3-4-18(27-2)16(12-17)13-20(25)23-9-7-22(8-10-23)19(24)11-15-5-6-21-14-15/h3-6,12,14,21H,7-11,13H2,1-2H3. The van der Waals surface area contributed by atoms with E-state index >= 15 is 0 Å². The van der Waals surface area contributed by atoms with E-state index in [9.17, 15) is 9.59 Å². The zero-order valence-electron chi connectivity index (χ0n) is 15.7. The van der Waals surface area contributed by atoms with Gasteiger partial charge in [-0.1, -0.05) is 0 Å². The first-order chi connectivity index (χ1) is 13.1. The number of amides is 2. The first-order valence-electron chi connectivity index (χ1n) is 8.99. The van der Waals surface area contributed by atoms with Crippen molar-refractivity contribution >= 4 is 11.8 Å². The number of aromatic amines is 1. The van der Waals surface area contributed by atoms with E-state index in [0.717, 1.165) is 11.1 Å². The molecule has 1 N–H and O–H groups in total. The van der Waals surface area contributed by atoms with Crippen LogP contribution >= 0.6 is 0 Å². The maximum Gasteiger partial charge on any atom is 0.227 e. The fourth-order valence-electron chi connectivity index (χ4n) is 3.25. The van der Waals surface area contributed by atoms with Gasteiger partial charge in [0.25, 0.3) is 0 Å². The molecule has 1 aromatic heterocycles. The Kier molecular flexibility index (Phi) is 6.01. The molecule has 1 aliphatic heterocycles. The van der Waals surface area contributed by atoms with Crippen LogP contribution in [0.4, 0.5) is 0 Å². The Hall–Kier alpha value is -2.96. The number of H-pyrrole nitrogens is 1. The van der Waals surface area contributed by atoms with Crippen LogP contribution in [0.2, 0.25) is 0 Å². The van der Waals surface area contributed by atoms with E-state index in [0.29, 0.717) is 44.1 Å². The highest BCUT2D eigenvalue weighted by molar-refractivity contribution is 5.81. The summed E-state index contributed by atoms with van der Waals surface area (Å²) < 4.78 is 10.6. The topological polar surface area (TPSA) is 74.9 Å². The predicted octanol–water partition coefficient (Wildman–Crippen LogP) is 1.49. The Morgan fingerprint density at radius 3 is 2.19 bits per heavy atom. The second kappa shape index (κ2) is 8.62. The molecule has 0 aliphatic carbocycles. The third-order valence-electron chi connectivity index (χ3n) is 4.83. The Bertz CT molecular complexity index is 781. The average Bonchev–Trinajstić information content (AvgIpc) is 3.21. The Labute approximate surface area is 158 Å². The number of rotatable bonds is 6.